The van der Waals surface area contributed by atoms with Crippen molar-refractivity contribution in [2.45, 2.75) is 6.54 Å². The molecule has 2 heterocycles. The van der Waals surface area contributed by atoms with Gasteiger partial charge in [0.25, 0.3) is 5.56 Å². The van der Waals surface area contributed by atoms with E-state index in [4.69, 9.17) is 4.74 Å². The first-order chi connectivity index (χ1) is 15.2. The minimum absolute atomic E-state index is 0.255. The third-order valence-corrected chi connectivity index (χ3v) is 5.44. The summed E-state index contributed by atoms with van der Waals surface area (Å²) in [5, 5.41) is 11.4. The van der Waals surface area contributed by atoms with Gasteiger partial charge < -0.3 is 10.1 Å². The summed E-state index contributed by atoms with van der Waals surface area (Å²) >= 11 is 1.32. The Balaban J connectivity index is 1.32. The maximum atomic E-state index is 12.5. The molecule has 0 radical (unpaired) electrons. The van der Waals surface area contributed by atoms with Gasteiger partial charge >= 0.3 is 0 Å². The highest BCUT2D eigenvalue weighted by atomic mass is 32.1. The van der Waals surface area contributed by atoms with E-state index >= 15 is 0 Å². The highest BCUT2D eigenvalue weighted by Gasteiger charge is 2.12. The molecule has 0 saturated carbocycles. The van der Waals surface area contributed by atoms with Crippen LogP contribution in [0.15, 0.2) is 77.6 Å². The van der Waals surface area contributed by atoms with Crippen LogP contribution in [0.4, 0.5) is 5.13 Å². The summed E-state index contributed by atoms with van der Waals surface area (Å²) in [5.41, 5.74) is 0.861. The number of fused-ring (bicyclic) bond motifs is 2. The highest BCUT2D eigenvalue weighted by molar-refractivity contribution is 7.22. The van der Waals surface area contributed by atoms with Gasteiger partial charge in [0.2, 0.25) is 5.91 Å². The van der Waals surface area contributed by atoms with Gasteiger partial charge in [0.15, 0.2) is 5.13 Å². The first-order valence-electron chi connectivity index (χ1n) is 9.42. The van der Waals surface area contributed by atoms with Crippen LogP contribution < -0.4 is 15.6 Å². The Kier molecular flexibility index (Phi) is 4.85. The Morgan fingerprint density at radius 2 is 1.77 bits per heavy atom. The van der Waals surface area contributed by atoms with E-state index in [2.05, 4.69) is 20.6 Å². The molecule has 0 spiro atoms. The number of hydrogen-bond acceptors (Lipinski definition) is 7. The minimum atomic E-state index is -0.411. The molecule has 0 unspecified atom stereocenters. The molecule has 9 heteroatoms. The average Bonchev–Trinajstić information content (AvgIpc) is 3.18. The fourth-order valence-corrected chi connectivity index (χ4v) is 3.98. The highest BCUT2D eigenvalue weighted by Crippen LogP contribution is 2.31. The fraction of sp³-hybridized carbons (Fsp3) is 0.0455. The molecule has 0 bridgehead atoms. The molecule has 0 aliphatic rings. The van der Waals surface area contributed by atoms with Crippen molar-refractivity contribution in [3.63, 3.8) is 0 Å². The molecule has 2 aromatic heterocycles. The number of rotatable bonds is 5. The lowest BCUT2D eigenvalue weighted by molar-refractivity contribution is -0.117. The van der Waals surface area contributed by atoms with E-state index in [9.17, 15) is 9.59 Å². The lowest BCUT2D eigenvalue weighted by Crippen LogP contribution is -2.30. The number of para-hydroxylation sites is 1. The van der Waals surface area contributed by atoms with Gasteiger partial charge in [-0.3, -0.25) is 9.59 Å². The van der Waals surface area contributed by atoms with Crippen molar-refractivity contribution < 1.29 is 9.53 Å². The van der Waals surface area contributed by atoms with Gasteiger partial charge in [0, 0.05) is 6.07 Å². The smallest absolute Gasteiger partial charge is 0.278 e. The number of amides is 1. The van der Waals surface area contributed by atoms with E-state index in [0.29, 0.717) is 21.8 Å². The van der Waals surface area contributed by atoms with Crippen molar-refractivity contribution >= 4 is 43.5 Å². The van der Waals surface area contributed by atoms with E-state index < -0.39 is 5.91 Å². The van der Waals surface area contributed by atoms with Crippen molar-refractivity contribution in [3.05, 3.63) is 83.2 Å². The van der Waals surface area contributed by atoms with E-state index in [0.717, 1.165) is 20.6 Å². The molecule has 5 aromatic rings. The second kappa shape index (κ2) is 7.96. The molecule has 1 amide bonds. The van der Waals surface area contributed by atoms with Gasteiger partial charge in [0.1, 0.15) is 23.6 Å². The first-order valence-corrected chi connectivity index (χ1v) is 10.2. The van der Waals surface area contributed by atoms with E-state index in [1.807, 2.05) is 48.5 Å². The molecule has 0 saturated heterocycles. The van der Waals surface area contributed by atoms with E-state index in [-0.39, 0.29) is 12.1 Å². The van der Waals surface area contributed by atoms with Crippen molar-refractivity contribution in [2.24, 2.45) is 0 Å². The second-order valence-corrected chi connectivity index (χ2v) is 7.71. The zero-order chi connectivity index (χ0) is 21.2. The Morgan fingerprint density at radius 1 is 0.968 bits per heavy atom. The Morgan fingerprint density at radius 3 is 2.65 bits per heavy atom. The zero-order valence-electron chi connectivity index (χ0n) is 16.1. The molecule has 31 heavy (non-hydrogen) atoms. The molecule has 0 aliphatic carbocycles. The fourth-order valence-electron chi connectivity index (χ4n) is 3.07. The number of carbonyl (C=O) groups is 1. The molecule has 0 aliphatic heterocycles. The van der Waals surface area contributed by atoms with Gasteiger partial charge in [-0.25, -0.2) is 9.67 Å². The predicted octanol–water partition coefficient (Wildman–Crippen LogP) is 3.83. The minimum Gasteiger partial charge on any atom is -0.457 e. The van der Waals surface area contributed by atoms with Crippen LogP contribution in [-0.2, 0) is 11.3 Å². The largest absolute Gasteiger partial charge is 0.457 e. The summed E-state index contributed by atoms with van der Waals surface area (Å²) in [6, 6.07) is 21.9. The van der Waals surface area contributed by atoms with Crippen molar-refractivity contribution in [2.75, 3.05) is 5.32 Å². The standard InChI is InChI=1S/C22H15N5O3S/c28-20(13-27-21(29)16-8-4-5-9-17(16)25-26-27)24-22-23-18-11-10-15(12-19(18)31-22)30-14-6-2-1-3-7-14/h1-12H,13H2,(H,23,24,28). The Bertz CT molecular complexity index is 1460. The maximum absolute atomic E-state index is 12.5. The summed E-state index contributed by atoms with van der Waals surface area (Å²) in [6.45, 7) is -0.255. The average molecular weight is 429 g/mol. The monoisotopic (exact) mass is 429 g/mol. The number of hydrogen-bond donors (Lipinski definition) is 1. The third-order valence-electron chi connectivity index (χ3n) is 4.51. The number of carbonyl (C=O) groups excluding carboxylic acids is 1. The van der Waals surface area contributed by atoms with Crippen LogP contribution in [0.2, 0.25) is 0 Å². The number of anilines is 1. The van der Waals surface area contributed by atoms with Crippen molar-refractivity contribution in [1.82, 2.24) is 20.0 Å². The van der Waals surface area contributed by atoms with Crippen LogP contribution >= 0.6 is 11.3 Å². The number of benzene rings is 3. The lowest BCUT2D eigenvalue weighted by atomic mass is 10.2. The molecule has 1 N–H and O–H groups in total. The molecule has 5 rings (SSSR count). The molecular weight excluding hydrogens is 414 g/mol. The van der Waals surface area contributed by atoms with Crippen LogP contribution in [0.1, 0.15) is 0 Å². The summed E-state index contributed by atoms with van der Waals surface area (Å²) in [4.78, 5) is 29.4. The molecule has 152 valence electrons. The van der Waals surface area contributed by atoms with Gasteiger partial charge in [-0.1, -0.05) is 46.9 Å². The first kappa shape index (κ1) is 18.9. The summed E-state index contributed by atoms with van der Waals surface area (Å²) in [7, 11) is 0. The Hall–Kier alpha value is -4.11. The SMILES string of the molecule is O=C(Cn1nnc2ccccc2c1=O)Nc1nc2ccc(Oc3ccccc3)cc2s1. The number of ether oxygens (including phenoxy) is 1. The van der Waals surface area contributed by atoms with E-state index in [1.165, 1.54) is 11.3 Å². The van der Waals surface area contributed by atoms with Gasteiger partial charge in [-0.2, -0.15) is 0 Å². The normalized spacial score (nSPS) is 11.0. The van der Waals surface area contributed by atoms with Crippen LogP contribution in [0.3, 0.4) is 0 Å². The zero-order valence-corrected chi connectivity index (χ0v) is 16.9. The lowest BCUT2D eigenvalue weighted by Gasteiger charge is -2.04. The summed E-state index contributed by atoms with van der Waals surface area (Å²) < 4.78 is 7.75. The maximum Gasteiger partial charge on any atom is 0.278 e. The van der Waals surface area contributed by atoms with Crippen LogP contribution in [-0.4, -0.2) is 25.9 Å². The van der Waals surface area contributed by atoms with Gasteiger partial charge in [0.05, 0.1) is 15.6 Å². The van der Waals surface area contributed by atoms with Crippen LogP contribution in [0, 0.1) is 0 Å². The summed E-state index contributed by atoms with van der Waals surface area (Å²) in [6.07, 6.45) is 0. The molecule has 8 nitrogen and oxygen atoms in total. The van der Waals surface area contributed by atoms with Crippen molar-refractivity contribution in [3.8, 4) is 11.5 Å². The summed E-state index contributed by atoms with van der Waals surface area (Å²) in [5.74, 6) is 1.01. The second-order valence-electron chi connectivity index (χ2n) is 6.68. The number of aromatic nitrogens is 4. The van der Waals surface area contributed by atoms with Crippen molar-refractivity contribution in [1.29, 1.82) is 0 Å². The molecule has 0 fully saturated rings. The number of nitrogens with zero attached hydrogens (tertiary/aromatic N) is 4. The van der Waals surface area contributed by atoms with Gasteiger partial charge in [-0.15, -0.1) is 5.10 Å². The molecular formula is C22H15N5O3S. The van der Waals surface area contributed by atoms with Crippen LogP contribution in [0.5, 0.6) is 11.5 Å². The Labute approximate surface area is 179 Å². The van der Waals surface area contributed by atoms with E-state index in [1.54, 1.807) is 24.3 Å². The predicted molar refractivity (Wildman–Crippen MR) is 119 cm³/mol. The topological polar surface area (TPSA) is 99.0 Å². The number of thiazole rings is 1. The third kappa shape index (κ3) is 3.99. The molecule has 0 atom stereocenters. The molecule has 3 aromatic carbocycles. The van der Waals surface area contributed by atoms with Gasteiger partial charge in [-0.05, 0) is 36.4 Å². The number of nitrogens with one attached hydrogen (secondary N) is 1. The quantitative estimate of drug-likeness (QED) is 0.456. The van der Waals surface area contributed by atoms with Crippen LogP contribution in [0.25, 0.3) is 21.1 Å².